The van der Waals surface area contributed by atoms with Gasteiger partial charge in [-0.15, -0.1) is 10.2 Å². The van der Waals surface area contributed by atoms with Gasteiger partial charge in [0.1, 0.15) is 23.1 Å². The number of rotatable bonds is 11. The van der Waals surface area contributed by atoms with Crippen molar-refractivity contribution < 1.29 is 28.2 Å². The van der Waals surface area contributed by atoms with Crippen LogP contribution in [0.3, 0.4) is 0 Å². The number of hydrogen-bond donors (Lipinski definition) is 1. The zero-order chi connectivity index (χ0) is 29.6. The molecule has 0 spiro atoms. The molecule has 216 valence electrons. The fourth-order valence-corrected chi connectivity index (χ4v) is 6.39. The van der Waals surface area contributed by atoms with Crippen LogP contribution in [0.5, 0.6) is 5.75 Å². The van der Waals surface area contributed by atoms with E-state index < -0.39 is 29.3 Å². The Morgan fingerprint density at radius 1 is 1.02 bits per heavy atom. The molecule has 42 heavy (non-hydrogen) atoms. The van der Waals surface area contributed by atoms with Crippen LogP contribution in [0.4, 0.5) is 13.9 Å². The Kier molecular flexibility index (Phi) is 9.28. The largest absolute Gasteiger partial charge is 0.507 e. The molecule has 11 heteroatoms. The van der Waals surface area contributed by atoms with Crippen molar-refractivity contribution in [1.82, 2.24) is 10.2 Å². The fourth-order valence-electron chi connectivity index (χ4n) is 4.54. The number of ketones is 1. The number of nitrogens with zero attached hydrogens (tertiary/aromatic N) is 3. The highest BCUT2D eigenvalue weighted by Crippen LogP contribution is 2.44. The van der Waals surface area contributed by atoms with E-state index in [0.29, 0.717) is 33.6 Å². The number of ether oxygens (including phenoxy) is 1. The van der Waals surface area contributed by atoms with Gasteiger partial charge in [-0.3, -0.25) is 14.5 Å². The van der Waals surface area contributed by atoms with Gasteiger partial charge < -0.3 is 9.84 Å². The summed E-state index contributed by atoms with van der Waals surface area (Å²) in [4.78, 5) is 28.1. The van der Waals surface area contributed by atoms with Crippen LogP contribution in [-0.4, -0.2) is 33.6 Å². The van der Waals surface area contributed by atoms with Gasteiger partial charge in [-0.1, -0.05) is 73.2 Å². The number of carbonyl (C=O) groups is 2. The summed E-state index contributed by atoms with van der Waals surface area (Å²) in [5, 5.41) is 19.8. The first kappa shape index (κ1) is 29.4. The summed E-state index contributed by atoms with van der Waals surface area (Å²) < 4.78 is 34.1. The molecule has 0 radical (unpaired) electrons. The highest BCUT2D eigenvalue weighted by atomic mass is 32.2. The topological polar surface area (TPSA) is 92.6 Å². The molecule has 4 aromatic rings. The molecular weight excluding hydrogens is 580 g/mol. The lowest BCUT2D eigenvalue weighted by atomic mass is 9.95. The minimum absolute atomic E-state index is 0.144. The summed E-state index contributed by atoms with van der Waals surface area (Å²) in [5.41, 5.74) is 1.03. The molecule has 1 unspecified atom stereocenters. The predicted molar refractivity (Wildman–Crippen MR) is 159 cm³/mol. The molecular formula is C31H27F2N3O4S2. The first-order valence-corrected chi connectivity index (χ1v) is 15.2. The summed E-state index contributed by atoms with van der Waals surface area (Å²) in [6.07, 6.45) is 2.94. The van der Waals surface area contributed by atoms with E-state index in [9.17, 15) is 23.5 Å². The van der Waals surface area contributed by atoms with Crippen LogP contribution in [-0.2, 0) is 15.3 Å². The number of carbonyl (C=O) groups excluding carboxylic acids is 2. The second-order valence-corrected chi connectivity index (χ2v) is 11.7. The third-order valence-electron chi connectivity index (χ3n) is 6.66. The van der Waals surface area contributed by atoms with Crippen LogP contribution >= 0.6 is 23.1 Å². The Labute approximate surface area is 249 Å². The number of amides is 1. The SMILES string of the molecule is CCCCCOc1cccc(C2/C(=C(\O)c3ccc(F)cc3)C(=O)C(=O)N2c2nnc(SCc3ccccc3F)s2)c1. The Balaban J connectivity index is 1.52. The van der Waals surface area contributed by atoms with Crippen molar-refractivity contribution >= 4 is 45.7 Å². The van der Waals surface area contributed by atoms with E-state index in [1.54, 1.807) is 42.5 Å². The molecule has 3 aromatic carbocycles. The Hall–Kier alpha value is -4.09. The minimum Gasteiger partial charge on any atom is -0.507 e. The lowest BCUT2D eigenvalue weighted by Gasteiger charge is -2.23. The molecule has 0 bridgehead atoms. The molecule has 1 fully saturated rings. The Morgan fingerprint density at radius 2 is 1.81 bits per heavy atom. The average molecular weight is 608 g/mol. The van der Waals surface area contributed by atoms with E-state index in [4.69, 9.17) is 4.74 Å². The van der Waals surface area contributed by atoms with E-state index in [1.807, 2.05) is 0 Å². The summed E-state index contributed by atoms with van der Waals surface area (Å²) in [6, 6.07) is 17.3. The number of Topliss-reactive ketones (excluding diaryl/α,β-unsaturated/α-hetero) is 1. The number of benzene rings is 3. The fraction of sp³-hybridized carbons (Fsp3) is 0.226. The van der Waals surface area contributed by atoms with Gasteiger partial charge >= 0.3 is 5.91 Å². The summed E-state index contributed by atoms with van der Waals surface area (Å²) in [5.74, 6) is -2.23. The molecule has 1 atom stereocenters. The molecule has 0 aliphatic carbocycles. The quantitative estimate of drug-likeness (QED) is 0.0478. The first-order chi connectivity index (χ1) is 20.4. The molecule has 0 saturated carbocycles. The molecule has 1 amide bonds. The highest BCUT2D eigenvalue weighted by Gasteiger charge is 2.48. The maximum Gasteiger partial charge on any atom is 0.301 e. The van der Waals surface area contributed by atoms with Gasteiger partial charge in [-0.05, 0) is 60.0 Å². The van der Waals surface area contributed by atoms with Crippen molar-refractivity contribution in [2.45, 2.75) is 42.3 Å². The zero-order valence-electron chi connectivity index (χ0n) is 22.6. The van der Waals surface area contributed by atoms with Crippen LogP contribution in [0, 0.1) is 11.6 Å². The van der Waals surface area contributed by atoms with Gasteiger partial charge in [-0.2, -0.15) is 0 Å². The van der Waals surface area contributed by atoms with Crippen molar-refractivity contribution in [2.24, 2.45) is 0 Å². The second-order valence-electron chi connectivity index (χ2n) is 9.53. The van der Waals surface area contributed by atoms with E-state index in [2.05, 4.69) is 17.1 Å². The van der Waals surface area contributed by atoms with Crippen molar-refractivity contribution in [1.29, 1.82) is 0 Å². The van der Waals surface area contributed by atoms with Crippen LogP contribution < -0.4 is 9.64 Å². The number of anilines is 1. The molecule has 1 N–H and O–H groups in total. The molecule has 5 rings (SSSR count). The molecule has 1 saturated heterocycles. The average Bonchev–Trinajstić information content (AvgIpc) is 3.57. The highest BCUT2D eigenvalue weighted by molar-refractivity contribution is 8.00. The van der Waals surface area contributed by atoms with Gasteiger partial charge in [0.15, 0.2) is 4.34 Å². The lowest BCUT2D eigenvalue weighted by molar-refractivity contribution is -0.132. The second kappa shape index (κ2) is 13.3. The van der Waals surface area contributed by atoms with Crippen LogP contribution in [0.2, 0.25) is 0 Å². The summed E-state index contributed by atoms with van der Waals surface area (Å²) >= 11 is 2.33. The number of aliphatic hydroxyl groups is 1. The molecule has 1 aliphatic heterocycles. The van der Waals surface area contributed by atoms with E-state index >= 15 is 0 Å². The van der Waals surface area contributed by atoms with Crippen molar-refractivity contribution in [3.63, 3.8) is 0 Å². The smallest absolute Gasteiger partial charge is 0.301 e. The standard InChI is InChI=1S/C31H27F2N3O4S2/c1-2-3-6-16-40-23-10-7-9-20(17-23)26-25(27(37)19-12-14-22(32)15-13-19)28(38)29(39)36(26)30-34-35-31(42-30)41-18-21-8-4-5-11-24(21)33/h4-5,7-15,17,26,37H,2-3,6,16,18H2,1H3/b27-25+. The maximum atomic E-state index is 14.1. The van der Waals surface area contributed by atoms with Crippen molar-refractivity contribution in [3.8, 4) is 5.75 Å². The number of unbranched alkanes of at least 4 members (excludes halogenated alkanes) is 2. The Morgan fingerprint density at radius 3 is 2.57 bits per heavy atom. The van der Waals surface area contributed by atoms with Crippen LogP contribution in [0.15, 0.2) is 82.7 Å². The van der Waals surface area contributed by atoms with E-state index in [0.717, 1.165) is 42.7 Å². The minimum atomic E-state index is -1.05. The normalized spacial score (nSPS) is 16.3. The van der Waals surface area contributed by atoms with Gasteiger partial charge in [0.2, 0.25) is 5.13 Å². The number of hydrogen-bond acceptors (Lipinski definition) is 8. The maximum absolute atomic E-state index is 14.1. The third-order valence-corrected chi connectivity index (χ3v) is 8.77. The predicted octanol–water partition coefficient (Wildman–Crippen LogP) is 7.30. The molecule has 7 nitrogen and oxygen atoms in total. The molecule has 2 heterocycles. The monoisotopic (exact) mass is 607 g/mol. The number of aliphatic hydroxyl groups excluding tert-OH is 1. The van der Waals surface area contributed by atoms with Crippen molar-refractivity contribution in [2.75, 3.05) is 11.5 Å². The number of aromatic nitrogens is 2. The zero-order valence-corrected chi connectivity index (χ0v) is 24.3. The number of halogens is 2. The molecule has 1 aromatic heterocycles. The molecule has 1 aliphatic rings. The van der Waals surface area contributed by atoms with Crippen LogP contribution in [0.1, 0.15) is 48.9 Å². The first-order valence-electron chi connectivity index (χ1n) is 13.4. The van der Waals surface area contributed by atoms with Crippen LogP contribution in [0.25, 0.3) is 5.76 Å². The van der Waals surface area contributed by atoms with Gasteiger partial charge in [-0.25, -0.2) is 8.78 Å². The Bertz CT molecular complexity index is 1620. The van der Waals surface area contributed by atoms with E-state index in [1.165, 1.54) is 34.9 Å². The van der Waals surface area contributed by atoms with Gasteiger partial charge in [0, 0.05) is 11.3 Å². The summed E-state index contributed by atoms with van der Waals surface area (Å²) in [6.45, 7) is 2.61. The van der Waals surface area contributed by atoms with E-state index in [-0.39, 0.29) is 22.1 Å². The van der Waals surface area contributed by atoms with Crippen molar-refractivity contribution in [3.05, 3.63) is 107 Å². The number of thioether (sulfide) groups is 1. The lowest BCUT2D eigenvalue weighted by Crippen LogP contribution is -2.29. The van der Waals surface area contributed by atoms with Gasteiger partial charge in [0.25, 0.3) is 5.78 Å². The third kappa shape index (κ3) is 6.37. The van der Waals surface area contributed by atoms with Gasteiger partial charge in [0.05, 0.1) is 18.2 Å². The summed E-state index contributed by atoms with van der Waals surface area (Å²) in [7, 11) is 0.